The van der Waals surface area contributed by atoms with Crippen LogP contribution in [0.25, 0.3) is 10.9 Å². The molecule has 0 spiro atoms. The van der Waals surface area contributed by atoms with E-state index in [1.807, 2.05) is 6.92 Å². The van der Waals surface area contributed by atoms with Gasteiger partial charge in [0.05, 0.1) is 6.10 Å². The largest absolute Gasteiger partial charge is 0.393 e. The Morgan fingerprint density at radius 3 is 2.75 bits per heavy atom. The standard InChI is InChI=1S/C14H19NO/c1-4-15-9-10(2)13-6-5-12(7-11(3)16)8-14(13)15/h5-6,8-9,11,16H,4,7H2,1-3H3. The molecule has 2 aromatic rings. The van der Waals surface area contributed by atoms with E-state index in [1.54, 1.807) is 0 Å². The quantitative estimate of drug-likeness (QED) is 0.840. The van der Waals surface area contributed by atoms with Crippen LogP contribution in [0.15, 0.2) is 24.4 Å². The van der Waals surface area contributed by atoms with Gasteiger partial charge in [0.15, 0.2) is 0 Å². The lowest BCUT2D eigenvalue weighted by Crippen LogP contribution is -2.04. The smallest absolute Gasteiger partial charge is 0.0552 e. The Morgan fingerprint density at radius 2 is 2.12 bits per heavy atom. The molecule has 0 bridgehead atoms. The first-order chi connectivity index (χ1) is 7.61. The van der Waals surface area contributed by atoms with Crippen LogP contribution < -0.4 is 0 Å². The third-order valence-electron chi connectivity index (χ3n) is 3.02. The van der Waals surface area contributed by atoms with Gasteiger partial charge in [0.1, 0.15) is 0 Å². The first-order valence-corrected chi connectivity index (χ1v) is 5.88. The lowest BCUT2D eigenvalue weighted by Gasteiger charge is -2.06. The summed E-state index contributed by atoms with van der Waals surface area (Å²) in [5.74, 6) is 0. The molecule has 0 aliphatic carbocycles. The molecule has 1 unspecified atom stereocenters. The van der Waals surface area contributed by atoms with Gasteiger partial charge in [0.25, 0.3) is 0 Å². The van der Waals surface area contributed by atoms with Crippen molar-refractivity contribution in [3.8, 4) is 0 Å². The lowest BCUT2D eigenvalue weighted by atomic mass is 10.1. The minimum Gasteiger partial charge on any atom is -0.393 e. The SMILES string of the molecule is CCn1cc(C)c2ccc(CC(C)O)cc21. The number of aromatic nitrogens is 1. The molecule has 1 heterocycles. The molecule has 2 heteroatoms. The van der Waals surface area contributed by atoms with Crippen LogP contribution in [0.4, 0.5) is 0 Å². The Kier molecular flexibility index (Phi) is 3.01. The highest BCUT2D eigenvalue weighted by Gasteiger charge is 2.06. The highest BCUT2D eigenvalue weighted by atomic mass is 16.3. The Bertz CT molecular complexity index is 497. The molecule has 1 N–H and O–H groups in total. The summed E-state index contributed by atoms with van der Waals surface area (Å²) in [6.07, 6.45) is 2.64. The number of fused-ring (bicyclic) bond motifs is 1. The molecule has 0 saturated heterocycles. The van der Waals surface area contributed by atoms with Gasteiger partial charge in [-0.25, -0.2) is 0 Å². The summed E-state index contributed by atoms with van der Waals surface area (Å²) in [6.45, 7) is 7.11. The van der Waals surface area contributed by atoms with Crippen LogP contribution in [-0.2, 0) is 13.0 Å². The van der Waals surface area contributed by atoms with Crippen LogP contribution in [0, 0.1) is 6.92 Å². The molecule has 1 aromatic carbocycles. The van der Waals surface area contributed by atoms with E-state index in [1.165, 1.54) is 22.0 Å². The van der Waals surface area contributed by atoms with E-state index in [9.17, 15) is 5.11 Å². The zero-order chi connectivity index (χ0) is 11.7. The number of aryl methyl sites for hydroxylation is 2. The van der Waals surface area contributed by atoms with Crippen molar-refractivity contribution in [2.75, 3.05) is 0 Å². The number of rotatable bonds is 3. The van der Waals surface area contributed by atoms with E-state index in [4.69, 9.17) is 0 Å². The van der Waals surface area contributed by atoms with E-state index in [-0.39, 0.29) is 6.10 Å². The molecule has 0 fully saturated rings. The van der Waals surface area contributed by atoms with Crippen molar-refractivity contribution in [3.63, 3.8) is 0 Å². The van der Waals surface area contributed by atoms with Crippen LogP contribution in [0.1, 0.15) is 25.0 Å². The van der Waals surface area contributed by atoms with Gasteiger partial charge < -0.3 is 9.67 Å². The monoisotopic (exact) mass is 217 g/mol. The Morgan fingerprint density at radius 1 is 1.38 bits per heavy atom. The van der Waals surface area contributed by atoms with Gasteiger partial charge in [0, 0.05) is 23.6 Å². The second kappa shape index (κ2) is 4.30. The van der Waals surface area contributed by atoms with Crippen molar-refractivity contribution >= 4 is 10.9 Å². The van der Waals surface area contributed by atoms with Crippen molar-refractivity contribution in [3.05, 3.63) is 35.5 Å². The molecule has 1 atom stereocenters. The zero-order valence-electron chi connectivity index (χ0n) is 10.2. The van der Waals surface area contributed by atoms with Gasteiger partial charge in [-0.3, -0.25) is 0 Å². The summed E-state index contributed by atoms with van der Waals surface area (Å²) < 4.78 is 2.26. The summed E-state index contributed by atoms with van der Waals surface area (Å²) in [4.78, 5) is 0. The first kappa shape index (κ1) is 11.2. The second-order valence-corrected chi connectivity index (χ2v) is 4.50. The zero-order valence-corrected chi connectivity index (χ0v) is 10.2. The number of aliphatic hydroxyl groups excluding tert-OH is 1. The Hall–Kier alpha value is -1.28. The summed E-state index contributed by atoms with van der Waals surface area (Å²) in [5, 5.41) is 10.7. The van der Waals surface area contributed by atoms with Crippen molar-refractivity contribution in [2.45, 2.75) is 39.8 Å². The van der Waals surface area contributed by atoms with Crippen LogP contribution in [0.5, 0.6) is 0 Å². The minimum absolute atomic E-state index is 0.274. The van der Waals surface area contributed by atoms with Gasteiger partial charge in [-0.1, -0.05) is 12.1 Å². The van der Waals surface area contributed by atoms with Crippen molar-refractivity contribution < 1.29 is 5.11 Å². The van der Waals surface area contributed by atoms with Crippen LogP contribution >= 0.6 is 0 Å². The van der Waals surface area contributed by atoms with Crippen molar-refractivity contribution in [1.82, 2.24) is 4.57 Å². The van der Waals surface area contributed by atoms with E-state index in [2.05, 4.69) is 42.8 Å². The third-order valence-corrected chi connectivity index (χ3v) is 3.02. The van der Waals surface area contributed by atoms with E-state index in [0.29, 0.717) is 0 Å². The fourth-order valence-corrected chi connectivity index (χ4v) is 2.25. The lowest BCUT2D eigenvalue weighted by molar-refractivity contribution is 0.195. The summed E-state index contributed by atoms with van der Waals surface area (Å²) in [5.41, 5.74) is 3.80. The predicted octanol–water partition coefficient (Wildman–Crippen LogP) is 2.89. The number of aliphatic hydroxyl groups is 1. The number of hydrogen-bond acceptors (Lipinski definition) is 1. The molecule has 1 aromatic heterocycles. The molecule has 0 saturated carbocycles. The molecule has 0 aliphatic rings. The average molecular weight is 217 g/mol. The molecule has 0 radical (unpaired) electrons. The molecule has 2 nitrogen and oxygen atoms in total. The number of benzene rings is 1. The van der Waals surface area contributed by atoms with Crippen LogP contribution in [0.2, 0.25) is 0 Å². The highest BCUT2D eigenvalue weighted by molar-refractivity contribution is 5.84. The molecule has 2 rings (SSSR count). The van der Waals surface area contributed by atoms with Crippen molar-refractivity contribution in [1.29, 1.82) is 0 Å². The fourth-order valence-electron chi connectivity index (χ4n) is 2.25. The Balaban J connectivity index is 2.51. The third kappa shape index (κ3) is 1.98. The molecular weight excluding hydrogens is 198 g/mol. The number of hydrogen-bond donors (Lipinski definition) is 1. The van der Waals surface area contributed by atoms with E-state index < -0.39 is 0 Å². The minimum atomic E-state index is -0.274. The van der Waals surface area contributed by atoms with Gasteiger partial charge in [0.2, 0.25) is 0 Å². The maximum Gasteiger partial charge on any atom is 0.0552 e. The van der Waals surface area contributed by atoms with E-state index >= 15 is 0 Å². The number of nitrogens with zero attached hydrogens (tertiary/aromatic N) is 1. The second-order valence-electron chi connectivity index (χ2n) is 4.50. The fraction of sp³-hybridized carbons (Fsp3) is 0.429. The maximum absolute atomic E-state index is 9.40. The van der Waals surface area contributed by atoms with Gasteiger partial charge in [-0.15, -0.1) is 0 Å². The molecule has 0 amide bonds. The topological polar surface area (TPSA) is 25.2 Å². The molecular formula is C14H19NO. The van der Waals surface area contributed by atoms with Gasteiger partial charge >= 0.3 is 0 Å². The summed E-state index contributed by atoms with van der Waals surface area (Å²) >= 11 is 0. The van der Waals surface area contributed by atoms with Gasteiger partial charge in [-0.05, 0) is 44.4 Å². The normalized spacial score (nSPS) is 13.2. The average Bonchev–Trinajstić information content (AvgIpc) is 2.54. The summed E-state index contributed by atoms with van der Waals surface area (Å²) in [6, 6.07) is 6.47. The summed E-state index contributed by atoms with van der Waals surface area (Å²) in [7, 11) is 0. The predicted molar refractivity (Wildman–Crippen MR) is 67.7 cm³/mol. The highest BCUT2D eigenvalue weighted by Crippen LogP contribution is 2.22. The maximum atomic E-state index is 9.40. The van der Waals surface area contributed by atoms with Gasteiger partial charge in [-0.2, -0.15) is 0 Å². The molecule has 86 valence electrons. The van der Waals surface area contributed by atoms with Crippen molar-refractivity contribution in [2.24, 2.45) is 0 Å². The Labute approximate surface area is 96.5 Å². The first-order valence-electron chi connectivity index (χ1n) is 5.88. The van der Waals surface area contributed by atoms with Crippen LogP contribution in [0.3, 0.4) is 0 Å². The van der Waals surface area contributed by atoms with Crippen LogP contribution in [-0.4, -0.2) is 15.8 Å². The van der Waals surface area contributed by atoms with E-state index in [0.717, 1.165) is 13.0 Å². The molecule has 0 aliphatic heterocycles. The molecule has 16 heavy (non-hydrogen) atoms.